The molecule has 0 saturated carbocycles. The molecule has 0 amide bonds. The highest BCUT2D eigenvalue weighted by molar-refractivity contribution is 5.16. The molecule has 2 aromatic rings. The van der Waals surface area contributed by atoms with Crippen LogP contribution in [0, 0.1) is 40.8 Å². The number of aryl methyl sites for hydroxylation is 2. The smallest absolute Gasteiger partial charge is 0.123 e. The van der Waals surface area contributed by atoms with Crippen LogP contribution in [-0.2, 0) is 12.8 Å². The van der Waals surface area contributed by atoms with E-state index in [1.807, 2.05) is 6.07 Å². The minimum absolute atomic E-state index is 0.119. The van der Waals surface area contributed by atoms with Crippen LogP contribution in [0.5, 0.6) is 0 Å². The molecule has 2 aromatic carbocycles. The fourth-order valence-electron chi connectivity index (χ4n) is 3.57. The fraction of sp³-hybridized carbons (Fsp3) is 0.700. The summed E-state index contributed by atoms with van der Waals surface area (Å²) in [5.41, 5.74) is 3.10. The molecule has 1 unspecified atom stereocenters. The molecule has 0 bridgehead atoms. The van der Waals surface area contributed by atoms with Gasteiger partial charge in [-0.3, -0.25) is 0 Å². The molecule has 0 heterocycles. The second-order valence-electron chi connectivity index (χ2n) is 14.5. The quantitative estimate of drug-likeness (QED) is 0.223. The minimum atomic E-state index is -0.119. The minimum Gasteiger partial charge on any atom is -0.207 e. The number of rotatable bonds is 12. The van der Waals surface area contributed by atoms with Crippen LogP contribution in [0.15, 0.2) is 54.6 Å². The first-order valence-corrected chi connectivity index (χ1v) is 16.9. The average molecular weight is 571 g/mol. The van der Waals surface area contributed by atoms with Gasteiger partial charge in [-0.15, -0.1) is 0 Å². The van der Waals surface area contributed by atoms with Crippen molar-refractivity contribution in [1.29, 1.82) is 0 Å². The lowest BCUT2D eigenvalue weighted by atomic mass is 9.84. The Morgan fingerprint density at radius 2 is 1.05 bits per heavy atom. The second kappa shape index (κ2) is 24.9. The lowest BCUT2D eigenvalue weighted by Gasteiger charge is -2.22. The summed E-state index contributed by atoms with van der Waals surface area (Å²) < 4.78 is 12.8. The maximum absolute atomic E-state index is 12.8. The van der Waals surface area contributed by atoms with E-state index in [2.05, 4.69) is 120 Å². The molecule has 0 radical (unpaired) electrons. The monoisotopic (exact) mass is 571 g/mol. The van der Waals surface area contributed by atoms with Gasteiger partial charge >= 0.3 is 0 Å². The molecule has 41 heavy (non-hydrogen) atoms. The van der Waals surface area contributed by atoms with Crippen molar-refractivity contribution in [1.82, 2.24) is 0 Å². The van der Waals surface area contributed by atoms with Crippen LogP contribution >= 0.6 is 0 Å². The molecule has 2 rings (SSSR count). The van der Waals surface area contributed by atoms with Crippen molar-refractivity contribution in [2.45, 2.75) is 148 Å². The molecule has 0 N–H and O–H groups in total. The molecule has 0 spiro atoms. The van der Waals surface area contributed by atoms with E-state index in [0.29, 0.717) is 5.41 Å². The molecule has 0 aliphatic heterocycles. The summed E-state index contributed by atoms with van der Waals surface area (Å²) in [6.45, 7) is 29.4. The lowest BCUT2D eigenvalue weighted by Crippen LogP contribution is -2.12. The molecule has 0 aromatic heterocycles. The van der Waals surface area contributed by atoms with E-state index in [1.54, 1.807) is 12.1 Å². The standard InChI is InChI=1S/C13H19F.C13H20.2C7H16/c1-11(2)6-3-4-7-12-8-5-9-13(14)10-12;1-12(2)8-6-7-11-13-9-4-3-5-10-13;1-6(2)7(3,4)5;1-5-7(4)6(2)3/h5,8-11H,3-4,6-7H2,1-2H3;3-5,9-10,12H,6-8,11H2,1-2H3;6H,1-5H3;6-7H,5H2,1-4H3. The van der Waals surface area contributed by atoms with E-state index in [9.17, 15) is 4.39 Å². The molecule has 1 heteroatoms. The molecule has 0 saturated heterocycles. The fourth-order valence-corrected chi connectivity index (χ4v) is 3.57. The zero-order valence-electron chi connectivity index (χ0n) is 29.8. The van der Waals surface area contributed by atoms with Crippen LogP contribution in [0.4, 0.5) is 4.39 Å². The third-order valence-corrected chi connectivity index (χ3v) is 8.24. The third-order valence-electron chi connectivity index (χ3n) is 8.24. The van der Waals surface area contributed by atoms with Gasteiger partial charge in [0.1, 0.15) is 5.82 Å². The largest absolute Gasteiger partial charge is 0.207 e. The van der Waals surface area contributed by atoms with E-state index >= 15 is 0 Å². The van der Waals surface area contributed by atoms with Crippen molar-refractivity contribution < 1.29 is 4.39 Å². The molecule has 0 aliphatic carbocycles. The van der Waals surface area contributed by atoms with Crippen LogP contribution in [0.2, 0.25) is 0 Å². The Labute approximate surface area is 258 Å². The molecule has 0 nitrogen and oxygen atoms in total. The molecule has 0 fully saturated rings. The zero-order chi connectivity index (χ0) is 31.8. The number of unbranched alkanes of at least 4 members (excludes halogenated alkanes) is 2. The van der Waals surface area contributed by atoms with Crippen LogP contribution < -0.4 is 0 Å². The number of halogens is 1. The predicted molar refractivity (Wildman–Crippen MR) is 186 cm³/mol. The van der Waals surface area contributed by atoms with Crippen molar-refractivity contribution in [3.63, 3.8) is 0 Å². The summed E-state index contributed by atoms with van der Waals surface area (Å²) in [7, 11) is 0. The first-order valence-electron chi connectivity index (χ1n) is 16.9. The van der Waals surface area contributed by atoms with Gasteiger partial charge in [-0.25, -0.2) is 4.39 Å². The molecular formula is C40H71F. The Kier molecular flexibility index (Phi) is 25.2. The zero-order valence-corrected chi connectivity index (χ0v) is 29.8. The van der Waals surface area contributed by atoms with Crippen molar-refractivity contribution >= 4 is 0 Å². The van der Waals surface area contributed by atoms with E-state index in [4.69, 9.17) is 0 Å². The molecule has 0 aliphatic rings. The van der Waals surface area contributed by atoms with Gasteiger partial charge in [0.2, 0.25) is 0 Å². The second-order valence-corrected chi connectivity index (χ2v) is 14.5. The Morgan fingerprint density at radius 3 is 1.39 bits per heavy atom. The topological polar surface area (TPSA) is 0 Å². The highest BCUT2D eigenvalue weighted by atomic mass is 19.1. The van der Waals surface area contributed by atoms with Gasteiger partial charge in [0, 0.05) is 0 Å². The van der Waals surface area contributed by atoms with Gasteiger partial charge in [0.25, 0.3) is 0 Å². The summed E-state index contributed by atoms with van der Waals surface area (Å²) in [5.74, 6) is 4.09. The van der Waals surface area contributed by atoms with Gasteiger partial charge in [0.05, 0.1) is 0 Å². The van der Waals surface area contributed by atoms with Gasteiger partial charge in [0.15, 0.2) is 0 Å². The Hall–Kier alpha value is -1.63. The van der Waals surface area contributed by atoms with Crippen molar-refractivity contribution in [3.05, 3.63) is 71.5 Å². The summed E-state index contributed by atoms with van der Waals surface area (Å²) >= 11 is 0. The number of hydrogen-bond acceptors (Lipinski definition) is 0. The normalized spacial score (nSPS) is 11.9. The Balaban J connectivity index is 0. The van der Waals surface area contributed by atoms with Gasteiger partial charge in [-0.1, -0.05) is 165 Å². The predicted octanol–water partition coefficient (Wildman–Crippen LogP) is 13.6. The summed E-state index contributed by atoms with van der Waals surface area (Å²) in [6, 6.07) is 17.7. The number of benzene rings is 2. The first-order chi connectivity index (χ1) is 19.1. The maximum atomic E-state index is 12.8. The van der Waals surface area contributed by atoms with Crippen LogP contribution in [-0.4, -0.2) is 0 Å². The summed E-state index contributed by atoms with van der Waals surface area (Å²) in [4.78, 5) is 0. The first kappa shape index (κ1) is 41.5. The van der Waals surface area contributed by atoms with Crippen molar-refractivity contribution in [2.75, 3.05) is 0 Å². The van der Waals surface area contributed by atoms with Gasteiger partial charge in [-0.05, 0) is 83.9 Å². The van der Waals surface area contributed by atoms with Crippen LogP contribution in [0.25, 0.3) is 0 Å². The summed E-state index contributed by atoms with van der Waals surface area (Å²) in [6.07, 6.45) is 11.3. The Bertz CT molecular complexity index is 810. The maximum Gasteiger partial charge on any atom is 0.123 e. The SMILES string of the molecule is CC(C)C(C)(C)C.CC(C)CCCCc1cccc(F)c1.CC(C)CCCCc1ccccc1.CCC(C)C(C)C. The lowest BCUT2D eigenvalue weighted by molar-refractivity contribution is 0.283. The molecular weight excluding hydrogens is 499 g/mol. The van der Waals surface area contributed by atoms with E-state index in [-0.39, 0.29) is 5.82 Å². The molecule has 238 valence electrons. The van der Waals surface area contributed by atoms with E-state index < -0.39 is 0 Å². The average Bonchev–Trinajstić information content (AvgIpc) is 2.89. The van der Waals surface area contributed by atoms with Gasteiger partial charge in [-0.2, -0.15) is 0 Å². The molecule has 1 atom stereocenters. The van der Waals surface area contributed by atoms with Crippen molar-refractivity contribution in [2.24, 2.45) is 35.0 Å². The van der Waals surface area contributed by atoms with Crippen LogP contribution in [0.3, 0.4) is 0 Å². The van der Waals surface area contributed by atoms with E-state index in [0.717, 1.165) is 41.6 Å². The van der Waals surface area contributed by atoms with Crippen LogP contribution in [0.1, 0.15) is 146 Å². The van der Waals surface area contributed by atoms with Gasteiger partial charge < -0.3 is 0 Å². The Morgan fingerprint density at radius 1 is 0.610 bits per heavy atom. The highest BCUT2D eigenvalue weighted by Crippen LogP contribution is 2.23. The number of hydrogen-bond donors (Lipinski definition) is 0. The highest BCUT2D eigenvalue weighted by Gasteiger charge is 2.13. The third kappa shape index (κ3) is 28.3. The van der Waals surface area contributed by atoms with Crippen molar-refractivity contribution in [3.8, 4) is 0 Å². The summed E-state index contributed by atoms with van der Waals surface area (Å²) in [5, 5.41) is 0. The van der Waals surface area contributed by atoms with E-state index in [1.165, 1.54) is 63.0 Å².